The zero-order valence-corrected chi connectivity index (χ0v) is 15.9. The number of nitrogens with zero attached hydrogens (tertiary/aromatic N) is 2. The molecule has 0 spiro atoms. The molecule has 0 bridgehead atoms. The van der Waals surface area contributed by atoms with Gasteiger partial charge in [0.15, 0.2) is 6.10 Å². The van der Waals surface area contributed by atoms with Crippen molar-refractivity contribution in [2.24, 2.45) is 0 Å². The highest BCUT2D eigenvalue weighted by molar-refractivity contribution is 5.98. The van der Waals surface area contributed by atoms with Gasteiger partial charge >= 0.3 is 5.97 Å². The summed E-state index contributed by atoms with van der Waals surface area (Å²) in [5.74, 6) is -1.23. The number of fused-ring (bicyclic) bond motifs is 5. The minimum atomic E-state index is -1.51. The first-order valence-corrected chi connectivity index (χ1v) is 9.35. The fraction of sp³-hybridized carbons (Fsp3) is 0.286. The molecule has 0 saturated heterocycles. The van der Waals surface area contributed by atoms with E-state index in [1.54, 1.807) is 17.6 Å². The molecule has 2 aliphatic rings. The number of carbonyl (C=O) groups is 1. The molecule has 0 amide bonds. The molecule has 1 atom stereocenters. The summed E-state index contributed by atoms with van der Waals surface area (Å²) in [5.41, 5.74) is 10.3. The van der Waals surface area contributed by atoms with Crippen molar-refractivity contribution in [1.29, 1.82) is 0 Å². The summed E-state index contributed by atoms with van der Waals surface area (Å²) in [4.78, 5) is 29.4. The van der Waals surface area contributed by atoms with Crippen LogP contribution in [0.25, 0.3) is 22.3 Å². The van der Waals surface area contributed by atoms with E-state index >= 15 is 0 Å². The number of rotatable bonds is 1. The number of cyclic esters (lactones) is 1. The van der Waals surface area contributed by atoms with Crippen LogP contribution in [0.2, 0.25) is 0 Å². The average molecular weight is 395 g/mol. The zero-order valence-electron chi connectivity index (χ0n) is 15.9. The lowest BCUT2D eigenvalue weighted by molar-refractivity contribution is -0.157. The maximum Gasteiger partial charge on any atom is 0.340 e. The molecule has 0 fully saturated rings. The number of carbonyl (C=O) groups excluding carboxylic acids is 1. The van der Waals surface area contributed by atoms with E-state index in [9.17, 15) is 19.1 Å². The first-order chi connectivity index (χ1) is 13.8. The van der Waals surface area contributed by atoms with E-state index < -0.39 is 17.9 Å². The molecule has 3 aromatic rings. The van der Waals surface area contributed by atoms with E-state index in [0.29, 0.717) is 46.5 Å². The van der Waals surface area contributed by atoms with E-state index in [2.05, 4.69) is 4.98 Å². The lowest BCUT2D eigenvalue weighted by Gasteiger charge is -2.21. The largest absolute Gasteiger partial charge is 0.458 e. The van der Waals surface area contributed by atoms with E-state index in [-0.39, 0.29) is 23.3 Å². The number of halogens is 1. The van der Waals surface area contributed by atoms with Gasteiger partial charge in [0.05, 0.1) is 29.0 Å². The third-order valence-corrected chi connectivity index (χ3v) is 5.96. The summed E-state index contributed by atoms with van der Waals surface area (Å²) in [6.07, 6.45) is -0.883. The fourth-order valence-electron chi connectivity index (χ4n) is 4.37. The van der Waals surface area contributed by atoms with Crippen molar-refractivity contribution in [1.82, 2.24) is 9.55 Å². The highest BCUT2D eigenvalue weighted by Gasteiger charge is 2.34. The van der Waals surface area contributed by atoms with E-state index in [0.717, 1.165) is 11.1 Å². The molecular weight excluding hydrogens is 377 g/mol. The normalized spacial score (nSPS) is 17.1. The van der Waals surface area contributed by atoms with Gasteiger partial charge in [-0.1, -0.05) is 6.92 Å². The van der Waals surface area contributed by atoms with E-state index in [1.165, 1.54) is 6.07 Å². The van der Waals surface area contributed by atoms with E-state index in [4.69, 9.17) is 10.5 Å². The second-order valence-electron chi connectivity index (χ2n) is 7.43. The van der Waals surface area contributed by atoms with Crippen molar-refractivity contribution in [3.05, 3.63) is 56.1 Å². The topological polar surface area (TPSA) is 107 Å². The number of aliphatic hydroxyl groups is 1. The number of hydrogen-bond acceptors (Lipinski definition) is 6. The van der Waals surface area contributed by atoms with Crippen LogP contribution in [0.4, 0.5) is 10.1 Å². The summed E-state index contributed by atoms with van der Waals surface area (Å²) in [7, 11) is 0. The summed E-state index contributed by atoms with van der Waals surface area (Å²) < 4.78 is 20.8. The smallest absolute Gasteiger partial charge is 0.340 e. The lowest BCUT2D eigenvalue weighted by Crippen LogP contribution is -2.32. The molecule has 2 aromatic heterocycles. The van der Waals surface area contributed by atoms with Gasteiger partial charge in [-0.3, -0.25) is 4.79 Å². The molecule has 5 rings (SSSR count). The van der Waals surface area contributed by atoms with E-state index in [1.807, 2.05) is 6.92 Å². The van der Waals surface area contributed by atoms with Crippen molar-refractivity contribution < 1.29 is 19.0 Å². The van der Waals surface area contributed by atoms with Crippen molar-refractivity contribution in [2.75, 3.05) is 5.73 Å². The maximum absolute atomic E-state index is 14.3. The van der Waals surface area contributed by atoms with Gasteiger partial charge in [0.25, 0.3) is 5.56 Å². The summed E-state index contributed by atoms with van der Waals surface area (Å²) >= 11 is 0. The number of aromatic nitrogens is 2. The van der Waals surface area contributed by atoms with Crippen LogP contribution in [-0.4, -0.2) is 20.6 Å². The Morgan fingerprint density at radius 3 is 2.83 bits per heavy atom. The molecule has 3 N–H and O–H groups in total. The lowest BCUT2D eigenvalue weighted by atomic mass is 9.95. The average Bonchev–Trinajstić information content (AvgIpc) is 3.06. The number of aryl methyl sites for hydroxylation is 1. The van der Waals surface area contributed by atoms with Crippen LogP contribution < -0.4 is 11.3 Å². The highest BCUT2D eigenvalue weighted by Crippen LogP contribution is 2.40. The summed E-state index contributed by atoms with van der Waals surface area (Å²) in [5, 5.41) is 10.9. The molecule has 0 aliphatic carbocycles. The number of hydrogen-bond donors (Lipinski definition) is 2. The number of pyridine rings is 2. The maximum atomic E-state index is 14.3. The van der Waals surface area contributed by atoms with Crippen molar-refractivity contribution in [3.63, 3.8) is 0 Å². The van der Waals surface area contributed by atoms with Crippen molar-refractivity contribution in [3.8, 4) is 11.4 Å². The molecule has 8 heteroatoms. The Morgan fingerprint density at radius 2 is 2.10 bits per heavy atom. The zero-order chi connectivity index (χ0) is 20.6. The molecule has 1 unspecified atom stereocenters. The number of benzene rings is 1. The van der Waals surface area contributed by atoms with Crippen molar-refractivity contribution in [2.45, 2.75) is 39.5 Å². The third kappa shape index (κ3) is 2.23. The predicted octanol–water partition coefficient (Wildman–Crippen LogP) is 2.11. The van der Waals surface area contributed by atoms with Crippen LogP contribution in [0.3, 0.4) is 0 Å². The monoisotopic (exact) mass is 395 g/mol. The number of aliphatic hydroxyl groups excluding tert-OH is 1. The van der Waals surface area contributed by atoms with Crippen LogP contribution >= 0.6 is 0 Å². The Labute approximate surface area is 164 Å². The molecule has 1 aromatic carbocycles. The summed E-state index contributed by atoms with van der Waals surface area (Å²) in [6.45, 7) is 3.72. The van der Waals surface area contributed by atoms with Crippen LogP contribution in [0, 0.1) is 12.7 Å². The first-order valence-electron chi connectivity index (χ1n) is 9.35. The minimum absolute atomic E-state index is 0.173. The fourth-order valence-corrected chi connectivity index (χ4v) is 4.37. The van der Waals surface area contributed by atoms with Gasteiger partial charge in [-0.05, 0) is 25.0 Å². The Hall–Kier alpha value is -3.26. The third-order valence-electron chi connectivity index (χ3n) is 5.96. The molecule has 7 nitrogen and oxygen atoms in total. The van der Waals surface area contributed by atoms with Crippen LogP contribution in [0.15, 0.2) is 16.9 Å². The van der Waals surface area contributed by atoms with Gasteiger partial charge in [-0.25, -0.2) is 14.2 Å². The van der Waals surface area contributed by atoms with Crippen LogP contribution in [0.1, 0.15) is 40.8 Å². The second-order valence-corrected chi connectivity index (χ2v) is 7.43. The van der Waals surface area contributed by atoms with Gasteiger partial charge in [0, 0.05) is 33.8 Å². The second kappa shape index (κ2) is 5.87. The van der Waals surface area contributed by atoms with Crippen LogP contribution in [-0.2, 0) is 29.1 Å². The molecule has 148 valence electrons. The Kier molecular flexibility index (Phi) is 3.61. The number of ether oxygens (including phenoxy) is 1. The van der Waals surface area contributed by atoms with Crippen LogP contribution in [0.5, 0.6) is 0 Å². The number of nitrogens with two attached hydrogens (primary N) is 1. The quantitative estimate of drug-likeness (QED) is 0.378. The molecule has 0 radical (unpaired) electrons. The minimum Gasteiger partial charge on any atom is -0.458 e. The van der Waals surface area contributed by atoms with Crippen molar-refractivity contribution >= 4 is 22.6 Å². The number of esters is 1. The van der Waals surface area contributed by atoms with Gasteiger partial charge in [0.1, 0.15) is 12.4 Å². The standard InChI is InChI=1S/C21H18FN3O4/c1-3-9-11-6-25-15(4-10-12(20(25)27)7-29-21(28)19(10)26)18(11)24-14-5-13(22)8(2)17(23)16(9)14/h4-5,19,26H,3,6-7,23H2,1-2H3. The molecule has 0 saturated carbocycles. The molecular formula is C21H18FN3O4. The molecule has 2 aliphatic heterocycles. The van der Waals surface area contributed by atoms with Gasteiger partial charge in [-0.2, -0.15) is 0 Å². The molecule has 29 heavy (non-hydrogen) atoms. The SMILES string of the molecule is CCc1c2c(nc3cc(F)c(C)c(N)c13)-c1cc3c(c(=O)n1C2)COC(=O)C3O. The first kappa shape index (κ1) is 17.8. The Balaban J connectivity index is 1.86. The summed E-state index contributed by atoms with van der Waals surface area (Å²) in [6, 6.07) is 2.96. The van der Waals surface area contributed by atoms with Gasteiger partial charge < -0.3 is 20.1 Å². The predicted molar refractivity (Wildman–Crippen MR) is 104 cm³/mol. The number of nitrogen functional groups attached to an aromatic ring is 1. The highest BCUT2D eigenvalue weighted by atomic mass is 19.1. The Morgan fingerprint density at radius 1 is 1.34 bits per heavy atom. The number of anilines is 1. The molecule has 4 heterocycles. The van der Waals surface area contributed by atoms with Gasteiger partial charge in [-0.15, -0.1) is 0 Å². The Bertz CT molecular complexity index is 1310. The van der Waals surface area contributed by atoms with Gasteiger partial charge in [0.2, 0.25) is 0 Å².